The minimum absolute atomic E-state index is 0. The van der Waals surface area contributed by atoms with Crippen molar-refractivity contribution in [2.45, 2.75) is 19.4 Å². The molecule has 0 aliphatic carbocycles. The SMILES string of the molecule is CCOC(=O)COc1ccc(CC[NH2+]CC(O)COc2ccc3c(c2)oc(=O)n3C)cc1.[Cl-]. The van der Waals surface area contributed by atoms with Gasteiger partial charge in [0, 0.05) is 19.5 Å². The number of carbonyl (C=O) groups excluding carboxylic acids is 1. The highest BCUT2D eigenvalue weighted by atomic mass is 35.5. The molecule has 0 spiro atoms. The van der Waals surface area contributed by atoms with Crippen molar-refractivity contribution in [1.82, 2.24) is 4.57 Å². The molecule has 3 aromatic rings. The lowest BCUT2D eigenvalue weighted by atomic mass is 10.1. The zero-order valence-electron chi connectivity index (χ0n) is 18.7. The minimum Gasteiger partial charge on any atom is -1.00 e. The number of esters is 1. The molecule has 1 atom stereocenters. The van der Waals surface area contributed by atoms with Crippen LogP contribution in [0.25, 0.3) is 11.1 Å². The van der Waals surface area contributed by atoms with E-state index in [4.69, 9.17) is 18.6 Å². The molecule has 0 amide bonds. The Morgan fingerprint density at radius 3 is 2.61 bits per heavy atom. The van der Waals surface area contributed by atoms with Crippen LogP contribution in [0.2, 0.25) is 0 Å². The molecule has 180 valence electrons. The average molecular weight is 481 g/mol. The Labute approximate surface area is 197 Å². The third kappa shape index (κ3) is 7.81. The summed E-state index contributed by atoms with van der Waals surface area (Å²) >= 11 is 0. The van der Waals surface area contributed by atoms with Gasteiger partial charge >= 0.3 is 11.7 Å². The van der Waals surface area contributed by atoms with Crippen molar-refractivity contribution in [1.29, 1.82) is 0 Å². The van der Waals surface area contributed by atoms with E-state index in [0.29, 0.717) is 35.8 Å². The van der Waals surface area contributed by atoms with Crippen molar-refractivity contribution in [3.63, 3.8) is 0 Å². The molecule has 10 heteroatoms. The number of halogens is 1. The number of hydrogen-bond donors (Lipinski definition) is 2. The first-order valence-corrected chi connectivity index (χ1v) is 10.6. The van der Waals surface area contributed by atoms with Crippen LogP contribution >= 0.6 is 0 Å². The Balaban J connectivity index is 0.00000385. The number of quaternary nitrogens is 1. The van der Waals surface area contributed by atoms with Crippen LogP contribution in [0.5, 0.6) is 11.5 Å². The summed E-state index contributed by atoms with van der Waals surface area (Å²) in [7, 11) is 1.64. The van der Waals surface area contributed by atoms with Gasteiger partial charge in [0.25, 0.3) is 0 Å². The van der Waals surface area contributed by atoms with E-state index in [-0.39, 0.29) is 31.6 Å². The van der Waals surface area contributed by atoms with Gasteiger partial charge in [-0.05, 0) is 36.8 Å². The van der Waals surface area contributed by atoms with E-state index in [9.17, 15) is 14.7 Å². The summed E-state index contributed by atoms with van der Waals surface area (Å²) in [4.78, 5) is 22.9. The number of hydrogen-bond acceptors (Lipinski definition) is 7. The predicted octanol–water partition coefficient (Wildman–Crippen LogP) is -2.38. The highest BCUT2D eigenvalue weighted by molar-refractivity contribution is 5.74. The lowest BCUT2D eigenvalue weighted by molar-refractivity contribution is -0.660. The van der Waals surface area contributed by atoms with Gasteiger partial charge in [-0.2, -0.15) is 0 Å². The molecule has 0 radical (unpaired) electrons. The van der Waals surface area contributed by atoms with E-state index < -0.39 is 11.9 Å². The van der Waals surface area contributed by atoms with Crippen LogP contribution in [-0.2, 0) is 23.0 Å². The van der Waals surface area contributed by atoms with Gasteiger partial charge < -0.3 is 41.5 Å². The van der Waals surface area contributed by atoms with Crippen LogP contribution < -0.4 is 33.0 Å². The number of fused-ring (bicyclic) bond motifs is 1. The number of ether oxygens (including phenoxy) is 3. The number of oxazole rings is 1. The van der Waals surface area contributed by atoms with Gasteiger partial charge in [0.15, 0.2) is 12.2 Å². The van der Waals surface area contributed by atoms with Crippen molar-refractivity contribution in [3.8, 4) is 11.5 Å². The van der Waals surface area contributed by atoms with Crippen LogP contribution in [0.3, 0.4) is 0 Å². The zero-order chi connectivity index (χ0) is 22.9. The highest BCUT2D eigenvalue weighted by Gasteiger charge is 2.10. The van der Waals surface area contributed by atoms with Gasteiger partial charge in [0.2, 0.25) is 0 Å². The Kier molecular flexibility index (Phi) is 10.2. The van der Waals surface area contributed by atoms with E-state index in [1.54, 1.807) is 32.2 Å². The first-order chi connectivity index (χ1) is 15.5. The zero-order valence-corrected chi connectivity index (χ0v) is 19.4. The van der Waals surface area contributed by atoms with Crippen LogP contribution in [0.4, 0.5) is 0 Å². The summed E-state index contributed by atoms with van der Waals surface area (Å²) in [6.07, 6.45) is 0.197. The average Bonchev–Trinajstić information content (AvgIpc) is 3.07. The number of benzene rings is 2. The molecule has 1 aromatic heterocycles. The van der Waals surface area contributed by atoms with Gasteiger partial charge in [-0.15, -0.1) is 0 Å². The molecule has 0 saturated carbocycles. The first-order valence-electron chi connectivity index (χ1n) is 10.6. The summed E-state index contributed by atoms with van der Waals surface area (Å²) in [5.74, 6) is 0.342. The van der Waals surface area contributed by atoms with Gasteiger partial charge in [-0.3, -0.25) is 4.57 Å². The Morgan fingerprint density at radius 1 is 1.15 bits per heavy atom. The second-order valence-electron chi connectivity index (χ2n) is 7.32. The van der Waals surface area contributed by atoms with Gasteiger partial charge in [-0.25, -0.2) is 9.59 Å². The van der Waals surface area contributed by atoms with E-state index in [1.807, 2.05) is 29.6 Å². The fourth-order valence-electron chi connectivity index (χ4n) is 3.14. The quantitative estimate of drug-likeness (QED) is 0.220. The first kappa shape index (κ1) is 26.2. The van der Waals surface area contributed by atoms with E-state index >= 15 is 0 Å². The third-order valence-corrected chi connectivity index (χ3v) is 4.87. The van der Waals surface area contributed by atoms with Crippen molar-refractivity contribution in [2.75, 3.05) is 32.9 Å². The minimum atomic E-state index is -0.632. The lowest BCUT2D eigenvalue weighted by Crippen LogP contribution is -3.00. The maximum absolute atomic E-state index is 11.5. The summed E-state index contributed by atoms with van der Waals surface area (Å²) in [6, 6.07) is 12.7. The molecule has 33 heavy (non-hydrogen) atoms. The number of rotatable bonds is 12. The normalized spacial score (nSPS) is 11.6. The maximum atomic E-state index is 11.5. The molecule has 3 N–H and O–H groups in total. The number of carbonyl (C=O) groups is 1. The predicted molar refractivity (Wildman–Crippen MR) is 117 cm³/mol. The molecule has 0 saturated heterocycles. The number of aryl methyl sites for hydroxylation is 1. The van der Waals surface area contributed by atoms with Crippen LogP contribution in [0, 0.1) is 0 Å². The van der Waals surface area contributed by atoms with Crippen LogP contribution in [0.1, 0.15) is 12.5 Å². The Hall–Kier alpha value is -3.01. The van der Waals surface area contributed by atoms with E-state index in [0.717, 1.165) is 18.5 Å². The Bertz CT molecular complexity index is 1080. The van der Waals surface area contributed by atoms with Gasteiger partial charge in [0.05, 0.1) is 18.7 Å². The molecule has 9 nitrogen and oxygen atoms in total. The van der Waals surface area contributed by atoms with Crippen molar-refractivity contribution >= 4 is 17.1 Å². The number of nitrogens with two attached hydrogens (primary N) is 1. The van der Waals surface area contributed by atoms with Crippen molar-refractivity contribution < 1.29 is 46.3 Å². The molecule has 3 rings (SSSR count). The lowest BCUT2D eigenvalue weighted by Gasteiger charge is -2.11. The second-order valence-corrected chi connectivity index (χ2v) is 7.32. The molecule has 2 aromatic carbocycles. The molecular formula is C23H29ClN2O7. The summed E-state index contributed by atoms with van der Waals surface area (Å²) in [5.41, 5.74) is 2.27. The monoisotopic (exact) mass is 480 g/mol. The highest BCUT2D eigenvalue weighted by Crippen LogP contribution is 2.19. The third-order valence-electron chi connectivity index (χ3n) is 4.87. The number of aliphatic hydroxyl groups is 1. The van der Waals surface area contributed by atoms with Gasteiger partial charge in [0.1, 0.15) is 30.8 Å². The number of nitrogens with zero attached hydrogens (tertiary/aromatic N) is 1. The molecule has 1 heterocycles. The smallest absolute Gasteiger partial charge is 0.419 e. The van der Waals surface area contributed by atoms with E-state index in [1.165, 1.54) is 4.57 Å². The van der Waals surface area contributed by atoms with Crippen LogP contribution in [-0.4, -0.2) is 54.7 Å². The molecule has 0 aliphatic rings. The fourth-order valence-corrected chi connectivity index (χ4v) is 3.14. The molecule has 1 unspecified atom stereocenters. The fraction of sp³-hybridized carbons (Fsp3) is 0.391. The van der Waals surface area contributed by atoms with Crippen LogP contribution in [0.15, 0.2) is 51.7 Å². The second kappa shape index (κ2) is 12.9. The topological polar surface area (TPSA) is 117 Å². The number of aliphatic hydroxyl groups excluding tert-OH is 1. The van der Waals surface area contributed by atoms with Crippen molar-refractivity contribution in [2.24, 2.45) is 7.05 Å². The standard InChI is InChI=1S/C23H28N2O7.ClH/c1-3-29-22(27)15-31-18-6-4-16(5-7-18)10-11-24-13-17(26)14-30-19-8-9-20-21(12-19)32-23(28)25(20)2;/h4-9,12,17,24,26H,3,10-11,13-15H2,1-2H3;1H. The largest absolute Gasteiger partial charge is 1.00 e. The molecular weight excluding hydrogens is 452 g/mol. The van der Waals surface area contributed by atoms with Gasteiger partial charge in [-0.1, -0.05) is 12.1 Å². The number of aromatic nitrogens is 1. The van der Waals surface area contributed by atoms with Crippen molar-refractivity contribution in [3.05, 3.63) is 58.6 Å². The molecule has 0 fully saturated rings. The summed E-state index contributed by atoms with van der Waals surface area (Å²) in [6.45, 7) is 3.44. The molecule has 0 bridgehead atoms. The summed E-state index contributed by atoms with van der Waals surface area (Å²) < 4.78 is 22.4. The summed E-state index contributed by atoms with van der Waals surface area (Å²) in [5, 5.41) is 12.2. The molecule has 0 aliphatic heterocycles. The maximum Gasteiger partial charge on any atom is 0.419 e. The Morgan fingerprint density at radius 2 is 1.88 bits per heavy atom. The van der Waals surface area contributed by atoms with E-state index in [2.05, 4.69) is 0 Å².